The van der Waals surface area contributed by atoms with Gasteiger partial charge >= 0.3 is 0 Å². The molecule has 2 amide bonds. The zero-order chi connectivity index (χ0) is 26.4. The third-order valence-corrected chi connectivity index (χ3v) is 7.04. The maximum Gasteiger partial charge on any atom is 0.231 e. The van der Waals surface area contributed by atoms with Crippen LogP contribution >= 0.6 is 0 Å². The summed E-state index contributed by atoms with van der Waals surface area (Å²) in [5.74, 6) is -0.725. The molecule has 3 atom stereocenters. The molecule has 1 aromatic carbocycles. The Morgan fingerprint density at radius 3 is 2.44 bits per heavy atom. The van der Waals surface area contributed by atoms with Crippen molar-refractivity contribution in [3.8, 4) is 0 Å². The van der Waals surface area contributed by atoms with Gasteiger partial charge in [-0.15, -0.1) is 0 Å². The van der Waals surface area contributed by atoms with Gasteiger partial charge in [0.15, 0.2) is 0 Å². The molecule has 0 saturated carbocycles. The number of nitrogens with zero attached hydrogens (tertiary/aromatic N) is 1. The average molecular weight is 504 g/mol. The number of amides is 2. The number of carbonyl (C=O) groups is 2. The van der Waals surface area contributed by atoms with E-state index in [0.29, 0.717) is 58.7 Å². The highest BCUT2D eigenvalue weighted by atomic mass is 16.5. The van der Waals surface area contributed by atoms with Gasteiger partial charge in [-0.3, -0.25) is 9.59 Å². The lowest BCUT2D eigenvalue weighted by atomic mass is 9.58. The van der Waals surface area contributed by atoms with Crippen molar-refractivity contribution in [1.29, 1.82) is 0 Å². The summed E-state index contributed by atoms with van der Waals surface area (Å²) in [7, 11) is 0. The summed E-state index contributed by atoms with van der Waals surface area (Å²) in [5, 5.41) is 24.1. The third-order valence-electron chi connectivity index (χ3n) is 7.04. The molecule has 0 radical (unpaired) electrons. The number of aliphatic hydroxyl groups excluding tert-OH is 2. The SMILES string of the molecule is CCCN(CCC)C(=O)C1(CCCNCCOCCO)CC=C[C@](Cc2ccccc2)(C(N)=O)[C@@H]1O. The fraction of sp³-hybridized carbons (Fsp3) is 0.643. The van der Waals surface area contributed by atoms with Crippen LogP contribution in [0, 0.1) is 10.8 Å². The zero-order valence-electron chi connectivity index (χ0n) is 22.0. The predicted octanol–water partition coefficient (Wildman–Crippen LogP) is 2.04. The molecule has 1 aromatic rings. The van der Waals surface area contributed by atoms with E-state index in [9.17, 15) is 14.7 Å². The maximum absolute atomic E-state index is 14.1. The number of ether oxygens (including phenoxy) is 1. The van der Waals surface area contributed by atoms with Gasteiger partial charge < -0.3 is 30.9 Å². The van der Waals surface area contributed by atoms with Gasteiger partial charge in [-0.25, -0.2) is 0 Å². The van der Waals surface area contributed by atoms with Gasteiger partial charge in [-0.1, -0.05) is 56.3 Å². The van der Waals surface area contributed by atoms with Gasteiger partial charge in [0.2, 0.25) is 11.8 Å². The van der Waals surface area contributed by atoms with E-state index in [4.69, 9.17) is 15.6 Å². The highest BCUT2D eigenvalue weighted by Crippen LogP contribution is 2.48. The Kier molecular flexibility index (Phi) is 12.6. The monoisotopic (exact) mass is 503 g/mol. The Bertz CT molecular complexity index is 828. The molecule has 0 aliphatic heterocycles. The van der Waals surface area contributed by atoms with E-state index in [1.54, 1.807) is 6.08 Å². The van der Waals surface area contributed by atoms with Crippen LogP contribution in [0.3, 0.4) is 0 Å². The van der Waals surface area contributed by atoms with Crippen molar-refractivity contribution in [2.45, 2.75) is 58.5 Å². The van der Waals surface area contributed by atoms with Crippen molar-refractivity contribution in [3.05, 3.63) is 48.0 Å². The standard InChI is InChI=1S/C28H45N3O5/c1-3-17-31(18-4-2)26(35)27(14-9-15-30-16-20-36-21-19-32)12-8-13-28(24(27)33,25(29)34)22-23-10-6-5-7-11-23/h5-8,10-11,13,24,30,32-33H,3-4,9,12,14-22H2,1-2H3,(H2,29,34)/t24-,27?,28-/m1/s1. The Labute approximate surface area is 215 Å². The lowest BCUT2D eigenvalue weighted by molar-refractivity contribution is -0.162. The first-order chi connectivity index (χ1) is 17.4. The first-order valence-corrected chi connectivity index (χ1v) is 13.3. The fourth-order valence-electron chi connectivity index (χ4n) is 5.25. The molecule has 0 saturated heterocycles. The molecule has 0 fully saturated rings. The molecule has 1 aliphatic rings. The van der Waals surface area contributed by atoms with Crippen LogP contribution in [0.15, 0.2) is 42.5 Å². The van der Waals surface area contributed by atoms with Crippen LogP contribution in [-0.2, 0) is 20.7 Å². The minimum atomic E-state index is -1.37. The van der Waals surface area contributed by atoms with E-state index >= 15 is 0 Å². The van der Waals surface area contributed by atoms with E-state index < -0.39 is 22.8 Å². The molecular formula is C28H45N3O5. The molecular weight excluding hydrogens is 458 g/mol. The number of aliphatic hydroxyl groups is 2. The lowest BCUT2D eigenvalue weighted by Crippen LogP contribution is -2.61. The van der Waals surface area contributed by atoms with Crippen LogP contribution in [0.5, 0.6) is 0 Å². The van der Waals surface area contributed by atoms with Gasteiger partial charge in [0.1, 0.15) is 0 Å². The second-order valence-corrected chi connectivity index (χ2v) is 9.71. The van der Waals surface area contributed by atoms with Crippen molar-refractivity contribution in [2.75, 3.05) is 46.0 Å². The summed E-state index contributed by atoms with van der Waals surface area (Å²) in [6, 6.07) is 9.50. The van der Waals surface area contributed by atoms with E-state index in [1.807, 2.05) is 55.2 Å². The molecule has 1 aliphatic carbocycles. The van der Waals surface area contributed by atoms with Crippen molar-refractivity contribution >= 4 is 11.8 Å². The van der Waals surface area contributed by atoms with Crippen LogP contribution in [0.1, 0.15) is 51.5 Å². The molecule has 36 heavy (non-hydrogen) atoms. The number of allylic oxidation sites excluding steroid dienone is 1. The summed E-state index contributed by atoms with van der Waals surface area (Å²) in [6.07, 6.45) is 5.63. The maximum atomic E-state index is 14.1. The molecule has 1 unspecified atom stereocenters. The molecule has 8 nitrogen and oxygen atoms in total. The number of hydrogen-bond acceptors (Lipinski definition) is 6. The summed E-state index contributed by atoms with van der Waals surface area (Å²) in [4.78, 5) is 28.9. The zero-order valence-corrected chi connectivity index (χ0v) is 22.0. The van der Waals surface area contributed by atoms with Gasteiger partial charge in [0.25, 0.3) is 0 Å². The number of hydrogen-bond donors (Lipinski definition) is 4. The Hall–Kier alpha value is -2.26. The second-order valence-electron chi connectivity index (χ2n) is 9.71. The number of carbonyl (C=O) groups excluding carboxylic acids is 2. The molecule has 0 bridgehead atoms. The second kappa shape index (κ2) is 15.1. The molecule has 0 aromatic heterocycles. The highest BCUT2D eigenvalue weighted by Gasteiger charge is 2.58. The van der Waals surface area contributed by atoms with Crippen LogP contribution in [-0.4, -0.2) is 79.0 Å². The van der Waals surface area contributed by atoms with Crippen LogP contribution in [0.25, 0.3) is 0 Å². The Balaban J connectivity index is 2.33. The molecule has 8 heteroatoms. The molecule has 202 valence electrons. The number of primary amides is 1. The summed E-state index contributed by atoms with van der Waals surface area (Å²) >= 11 is 0. The number of rotatable bonds is 17. The normalized spacial score (nSPS) is 23.5. The van der Waals surface area contributed by atoms with Gasteiger partial charge in [0, 0.05) is 19.6 Å². The van der Waals surface area contributed by atoms with Crippen molar-refractivity contribution < 1.29 is 24.5 Å². The molecule has 5 N–H and O–H groups in total. The van der Waals surface area contributed by atoms with Crippen LogP contribution in [0.2, 0.25) is 0 Å². The van der Waals surface area contributed by atoms with Crippen molar-refractivity contribution in [2.24, 2.45) is 16.6 Å². The number of nitrogens with one attached hydrogen (secondary N) is 1. The van der Waals surface area contributed by atoms with Crippen molar-refractivity contribution in [1.82, 2.24) is 10.2 Å². The van der Waals surface area contributed by atoms with Crippen molar-refractivity contribution in [3.63, 3.8) is 0 Å². The lowest BCUT2D eigenvalue weighted by Gasteiger charge is -2.49. The van der Waals surface area contributed by atoms with Crippen LogP contribution in [0.4, 0.5) is 0 Å². The quantitative estimate of drug-likeness (QED) is 0.190. The largest absolute Gasteiger partial charge is 0.394 e. The molecule has 0 spiro atoms. The first-order valence-electron chi connectivity index (χ1n) is 13.3. The van der Waals surface area contributed by atoms with Gasteiger partial charge in [-0.2, -0.15) is 0 Å². The Morgan fingerprint density at radius 2 is 1.83 bits per heavy atom. The van der Waals surface area contributed by atoms with Gasteiger partial charge in [-0.05, 0) is 50.6 Å². The smallest absolute Gasteiger partial charge is 0.231 e. The topological polar surface area (TPSA) is 125 Å². The Morgan fingerprint density at radius 1 is 1.14 bits per heavy atom. The van der Waals surface area contributed by atoms with E-state index in [1.165, 1.54) is 0 Å². The van der Waals surface area contributed by atoms with Crippen LogP contribution < -0.4 is 11.1 Å². The summed E-state index contributed by atoms with van der Waals surface area (Å²) in [5.41, 5.74) is 4.34. The predicted molar refractivity (Wildman–Crippen MR) is 141 cm³/mol. The van der Waals surface area contributed by atoms with E-state index in [2.05, 4.69) is 5.32 Å². The minimum Gasteiger partial charge on any atom is -0.394 e. The number of nitrogens with two attached hydrogens (primary N) is 1. The van der Waals surface area contributed by atoms with E-state index in [-0.39, 0.29) is 18.9 Å². The molecule has 2 rings (SSSR count). The highest BCUT2D eigenvalue weighted by molar-refractivity contribution is 5.89. The fourth-order valence-corrected chi connectivity index (χ4v) is 5.25. The number of benzene rings is 1. The molecule has 0 heterocycles. The summed E-state index contributed by atoms with van der Waals surface area (Å²) in [6.45, 7) is 7.32. The minimum absolute atomic E-state index is 0.00729. The van der Waals surface area contributed by atoms with Gasteiger partial charge in [0.05, 0.1) is 36.8 Å². The first kappa shape index (κ1) is 30.0. The van der Waals surface area contributed by atoms with E-state index in [0.717, 1.165) is 18.4 Å². The third kappa shape index (κ3) is 7.38. The summed E-state index contributed by atoms with van der Waals surface area (Å²) < 4.78 is 5.28. The average Bonchev–Trinajstić information content (AvgIpc) is 2.87.